The van der Waals surface area contributed by atoms with Crippen LogP contribution >= 0.6 is 15.9 Å². The average molecular weight is 466 g/mol. The molecular weight excluding hydrogens is 442 g/mol. The molecule has 1 N–H and O–H groups in total. The van der Waals surface area contributed by atoms with Gasteiger partial charge in [0.1, 0.15) is 17.1 Å². The van der Waals surface area contributed by atoms with E-state index in [0.29, 0.717) is 23.8 Å². The van der Waals surface area contributed by atoms with E-state index in [1.165, 1.54) is 0 Å². The molecule has 1 unspecified atom stereocenters. The van der Waals surface area contributed by atoms with E-state index in [-0.39, 0.29) is 0 Å². The van der Waals surface area contributed by atoms with Crippen LogP contribution < -0.4 is 10.1 Å². The number of nitrogens with one attached hydrogen (secondary N) is 1. The van der Waals surface area contributed by atoms with E-state index < -0.39 is 22.9 Å². The summed E-state index contributed by atoms with van der Waals surface area (Å²) < 4.78 is 24.4. The number of rotatable bonds is 7. The van der Waals surface area contributed by atoms with Gasteiger partial charge in [0.25, 0.3) is 0 Å². The molecule has 2 aromatic carbocycles. The number of amides is 1. The molecule has 28 heavy (non-hydrogen) atoms. The Balaban J connectivity index is 1.52. The average Bonchev–Trinajstić information content (AvgIpc) is 2.61. The van der Waals surface area contributed by atoms with E-state index in [9.17, 15) is 9.35 Å². The van der Waals surface area contributed by atoms with Crippen LogP contribution in [0, 0.1) is 6.92 Å². The molecule has 0 aromatic heterocycles. The molecule has 0 aliphatic carbocycles. The van der Waals surface area contributed by atoms with Crippen molar-refractivity contribution in [3.8, 4) is 5.75 Å². The Bertz CT molecular complexity index is 854. The Morgan fingerprint density at radius 3 is 2.64 bits per heavy atom. The number of unbranched alkanes of at least 4 members (excludes halogenated alkanes) is 1. The van der Waals surface area contributed by atoms with Gasteiger partial charge in [0.15, 0.2) is 4.90 Å². The normalized spacial score (nSPS) is 16.0. The summed E-state index contributed by atoms with van der Waals surface area (Å²) in [4.78, 5) is 12.5. The second-order valence-corrected chi connectivity index (χ2v) is 9.70. The van der Waals surface area contributed by atoms with Crippen LogP contribution in [0.15, 0.2) is 45.8 Å². The zero-order valence-corrected chi connectivity index (χ0v) is 18.6. The maximum Gasteiger partial charge on any atom is 0.412 e. The van der Waals surface area contributed by atoms with E-state index in [4.69, 9.17) is 9.47 Å². The van der Waals surface area contributed by atoms with Crippen molar-refractivity contribution in [1.29, 1.82) is 0 Å². The lowest BCUT2D eigenvalue weighted by Gasteiger charge is -2.33. The van der Waals surface area contributed by atoms with Crippen LogP contribution in [0.1, 0.15) is 37.8 Å². The fourth-order valence-corrected chi connectivity index (χ4v) is 4.61. The van der Waals surface area contributed by atoms with Crippen LogP contribution in [0.3, 0.4) is 0 Å². The summed E-state index contributed by atoms with van der Waals surface area (Å²) >= 11 is 2.51. The third-order valence-corrected chi connectivity index (χ3v) is 6.65. The first-order valence-corrected chi connectivity index (χ1v) is 11.3. The predicted octanol–water partition coefficient (Wildman–Crippen LogP) is 5.52. The number of cyclic esters (lactones) is 1. The topological polar surface area (TPSA) is 70.6 Å². The quantitative estimate of drug-likeness (QED) is 0.431. The largest absolute Gasteiger partial charge is 0.611 e. The molecule has 150 valence electrons. The third-order valence-electron chi connectivity index (χ3n) is 4.57. The minimum Gasteiger partial charge on any atom is -0.611 e. The molecule has 0 saturated carbocycles. The number of benzene rings is 2. The van der Waals surface area contributed by atoms with Crippen molar-refractivity contribution < 1.29 is 18.8 Å². The van der Waals surface area contributed by atoms with Gasteiger partial charge in [-0.3, -0.25) is 5.32 Å². The van der Waals surface area contributed by atoms with Crippen molar-refractivity contribution in [1.82, 2.24) is 0 Å². The Morgan fingerprint density at radius 2 is 1.93 bits per heavy atom. The van der Waals surface area contributed by atoms with Crippen molar-refractivity contribution in [2.45, 2.75) is 44.1 Å². The van der Waals surface area contributed by atoms with Crippen molar-refractivity contribution >= 4 is 38.9 Å². The van der Waals surface area contributed by atoms with Gasteiger partial charge in [-0.1, -0.05) is 17.7 Å². The maximum absolute atomic E-state index is 12.3. The SMILES string of the molecule is Cc1ccc([S+]([O-])CCCCOc2cc3c(cc2Br)NC(=O)OC3(C)C)cc1. The summed E-state index contributed by atoms with van der Waals surface area (Å²) in [6, 6.07) is 11.5. The molecular formula is C21H24BrNO4S. The van der Waals surface area contributed by atoms with Crippen LogP contribution in [0.25, 0.3) is 0 Å². The van der Waals surface area contributed by atoms with Gasteiger partial charge in [0, 0.05) is 5.56 Å². The fourth-order valence-electron chi connectivity index (χ4n) is 3.01. The summed E-state index contributed by atoms with van der Waals surface area (Å²) in [5.41, 5.74) is 2.03. The second kappa shape index (κ2) is 8.76. The standard InChI is InChI=1S/C21H24BrNO4S/c1-14-6-8-15(9-7-14)28(25)11-5-4-10-26-19-12-16-18(13-17(19)22)23-20(24)27-21(16,2)3/h6-9,12-13H,4-5,10-11H2,1-3H3,(H,23,24). The number of ether oxygens (including phenoxy) is 2. The summed E-state index contributed by atoms with van der Waals surface area (Å²) in [6.07, 6.45) is 1.16. The first kappa shape index (κ1) is 21.0. The highest BCUT2D eigenvalue weighted by Crippen LogP contribution is 2.41. The number of carbonyl (C=O) groups excluding carboxylic acids is 1. The highest BCUT2D eigenvalue weighted by atomic mass is 79.9. The van der Waals surface area contributed by atoms with Crippen LogP contribution in [0.4, 0.5) is 10.5 Å². The van der Waals surface area contributed by atoms with E-state index in [1.807, 2.05) is 57.2 Å². The molecule has 1 amide bonds. The van der Waals surface area contributed by atoms with Crippen LogP contribution in [0.5, 0.6) is 5.75 Å². The van der Waals surface area contributed by atoms with Gasteiger partial charge < -0.3 is 14.0 Å². The molecule has 0 bridgehead atoms. The van der Waals surface area contributed by atoms with Crippen molar-refractivity contribution in [2.75, 3.05) is 17.7 Å². The molecule has 1 heterocycles. The first-order valence-electron chi connectivity index (χ1n) is 9.18. The van der Waals surface area contributed by atoms with Crippen molar-refractivity contribution in [3.05, 3.63) is 52.0 Å². The summed E-state index contributed by atoms with van der Waals surface area (Å²) in [5.74, 6) is 1.32. The van der Waals surface area contributed by atoms with E-state index in [1.54, 1.807) is 0 Å². The number of hydrogen-bond donors (Lipinski definition) is 1. The Hall–Kier alpha value is -1.70. The van der Waals surface area contributed by atoms with Gasteiger partial charge in [-0.25, -0.2) is 4.79 Å². The summed E-state index contributed by atoms with van der Waals surface area (Å²) in [6.45, 7) is 6.24. The van der Waals surface area contributed by atoms with Crippen LogP contribution in [-0.4, -0.2) is 23.0 Å². The lowest BCUT2D eigenvalue weighted by atomic mass is 9.94. The van der Waals surface area contributed by atoms with Gasteiger partial charge in [-0.2, -0.15) is 0 Å². The summed E-state index contributed by atoms with van der Waals surface area (Å²) in [5, 5.41) is 2.71. The monoisotopic (exact) mass is 465 g/mol. The molecule has 3 rings (SSSR count). The molecule has 5 nitrogen and oxygen atoms in total. The molecule has 1 aliphatic rings. The van der Waals surface area contributed by atoms with E-state index in [0.717, 1.165) is 33.3 Å². The van der Waals surface area contributed by atoms with Crippen LogP contribution in [-0.2, 0) is 21.5 Å². The molecule has 0 fully saturated rings. The number of carbonyl (C=O) groups is 1. The molecule has 1 atom stereocenters. The number of halogens is 1. The van der Waals surface area contributed by atoms with E-state index >= 15 is 0 Å². The van der Waals surface area contributed by atoms with Crippen molar-refractivity contribution in [3.63, 3.8) is 0 Å². The lowest BCUT2D eigenvalue weighted by molar-refractivity contribution is 0.0418. The molecule has 0 radical (unpaired) electrons. The second-order valence-electron chi connectivity index (χ2n) is 7.27. The number of hydrogen-bond acceptors (Lipinski definition) is 4. The first-order chi connectivity index (χ1) is 13.3. The van der Waals surface area contributed by atoms with Gasteiger partial charge in [-0.15, -0.1) is 0 Å². The van der Waals surface area contributed by atoms with Gasteiger partial charge >= 0.3 is 6.09 Å². The highest BCUT2D eigenvalue weighted by molar-refractivity contribution is 9.10. The zero-order chi connectivity index (χ0) is 20.3. The molecule has 7 heteroatoms. The molecule has 0 spiro atoms. The van der Waals surface area contributed by atoms with E-state index in [2.05, 4.69) is 21.2 Å². The molecule has 1 aliphatic heterocycles. The lowest BCUT2D eigenvalue weighted by Crippen LogP contribution is -2.34. The molecule has 2 aromatic rings. The van der Waals surface area contributed by atoms with Gasteiger partial charge in [0.05, 0.1) is 16.8 Å². The van der Waals surface area contributed by atoms with Gasteiger partial charge in [-0.05, 0) is 85.0 Å². The third kappa shape index (κ3) is 5.01. The number of fused-ring (bicyclic) bond motifs is 1. The Kier molecular flexibility index (Phi) is 6.58. The van der Waals surface area contributed by atoms with Crippen LogP contribution in [0.2, 0.25) is 0 Å². The highest BCUT2D eigenvalue weighted by Gasteiger charge is 2.34. The van der Waals surface area contributed by atoms with Gasteiger partial charge in [0.2, 0.25) is 0 Å². The van der Waals surface area contributed by atoms with Crippen molar-refractivity contribution in [2.24, 2.45) is 0 Å². The summed E-state index contributed by atoms with van der Waals surface area (Å²) in [7, 11) is 0. The Morgan fingerprint density at radius 1 is 1.21 bits per heavy atom. The fraction of sp³-hybridized carbons (Fsp3) is 0.381. The smallest absolute Gasteiger partial charge is 0.412 e. The predicted molar refractivity (Wildman–Crippen MR) is 114 cm³/mol. The number of aryl methyl sites for hydroxylation is 1. The zero-order valence-electron chi connectivity index (χ0n) is 16.2. The maximum atomic E-state index is 12.3. The minimum atomic E-state index is -0.981. The molecule has 0 saturated heterocycles. The number of anilines is 1. The Labute approximate surface area is 177 Å². The minimum absolute atomic E-state index is 0.459.